The number of alkyl carbamates (subject to hydrolysis) is 1. The van der Waals surface area contributed by atoms with Crippen molar-refractivity contribution in [2.75, 3.05) is 11.4 Å². The number of ether oxygens (including phenoxy) is 1. The van der Waals surface area contributed by atoms with E-state index in [1.165, 1.54) is 11.3 Å². The third kappa shape index (κ3) is 8.45. The van der Waals surface area contributed by atoms with E-state index in [-0.39, 0.29) is 19.4 Å². The fourth-order valence-electron chi connectivity index (χ4n) is 4.08. The van der Waals surface area contributed by atoms with E-state index in [9.17, 15) is 9.59 Å². The van der Waals surface area contributed by atoms with Crippen LogP contribution in [0, 0.1) is 6.92 Å². The van der Waals surface area contributed by atoms with Gasteiger partial charge in [-0.15, -0.1) is 0 Å². The van der Waals surface area contributed by atoms with Crippen molar-refractivity contribution >= 4 is 63.8 Å². The Balaban J connectivity index is 0.00000420. The molecule has 11 heteroatoms. The van der Waals surface area contributed by atoms with Crippen LogP contribution in [0.25, 0.3) is 10.2 Å². The van der Waals surface area contributed by atoms with Crippen molar-refractivity contribution in [3.63, 3.8) is 0 Å². The summed E-state index contributed by atoms with van der Waals surface area (Å²) >= 11 is 7.70. The Bertz CT molecular complexity index is 1390. The molecule has 1 N–H and O–H groups in total. The lowest BCUT2D eigenvalue weighted by molar-refractivity contribution is -0.120. The molecule has 4 aromatic rings. The zero-order valence-electron chi connectivity index (χ0n) is 22.5. The molecule has 0 aliphatic carbocycles. The Hall–Kier alpha value is -3.08. The van der Waals surface area contributed by atoms with Gasteiger partial charge in [-0.3, -0.25) is 9.69 Å². The summed E-state index contributed by atoms with van der Waals surface area (Å²) in [5.41, 5.74) is 1.97. The molecule has 1 atom stereocenters. The van der Waals surface area contributed by atoms with Crippen molar-refractivity contribution in [1.82, 2.24) is 19.9 Å². The molecule has 0 saturated carbocycles. The number of hydrogen-bond acceptors (Lipinski definition) is 6. The fraction of sp³-hybridized carbons (Fsp3) is 0.357. The first kappa shape index (κ1) is 30.5. The molecule has 2 aromatic heterocycles. The minimum absolute atomic E-state index is 0. The Morgan fingerprint density at radius 2 is 1.95 bits per heavy atom. The van der Waals surface area contributed by atoms with Crippen molar-refractivity contribution in [1.29, 1.82) is 0 Å². The number of nitrogens with zero attached hydrogens (tertiary/aromatic N) is 4. The van der Waals surface area contributed by atoms with Crippen LogP contribution >= 0.6 is 36.4 Å². The van der Waals surface area contributed by atoms with Crippen molar-refractivity contribution in [3.8, 4) is 0 Å². The molecule has 2 aromatic carbocycles. The van der Waals surface area contributed by atoms with E-state index in [4.69, 9.17) is 21.3 Å². The number of anilines is 1. The number of aryl methyl sites for hydroxylation is 2. The summed E-state index contributed by atoms with van der Waals surface area (Å²) in [6.07, 6.45) is 5.70. The molecule has 0 unspecified atom stereocenters. The quantitative estimate of drug-likeness (QED) is 0.254. The van der Waals surface area contributed by atoms with Crippen LogP contribution in [0.3, 0.4) is 0 Å². The molecule has 0 saturated heterocycles. The molecule has 2 amide bonds. The van der Waals surface area contributed by atoms with Gasteiger partial charge < -0.3 is 14.6 Å². The molecule has 0 fully saturated rings. The number of rotatable bonds is 9. The number of aromatic nitrogens is 3. The zero-order chi connectivity index (χ0) is 27.3. The average Bonchev–Trinajstić information content (AvgIpc) is 3.50. The Morgan fingerprint density at radius 1 is 1.21 bits per heavy atom. The number of halogens is 1. The van der Waals surface area contributed by atoms with E-state index in [2.05, 4.69) is 10.3 Å². The van der Waals surface area contributed by atoms with Crippen LogP contribution in [0.5, 0.6) is 0 Å². The van der Waals surface area contributed by atoms with Crippen LogP contribution in [0.1, 0.15) is 38.3 Å². The first-order valence-corrected chi connectivity index (χ1v) is 13.7. The lowest BCUT2D eigenvalue weighted by Gasteiger charge is -2.27. The molecule has 39 heavy (non-hydrogen) atoms. The van der Waals surface area contributed by atoms with Gasteiger partial charge in [-0.05, 0) is 57.4 Å². The second-order valence-corrected chi connectivity index (χ2v) is 11.5. The molecular weight excluding hydrogens is 554 g/mol. The lowest BCUT2D eigenvalue weighted by atomic mass is 10.0. The largest absolute Gasteiger partial charge is 0.444 e. The molecule has 0 bridgehead atoms. The number of imidazole rings is 1. The number of amides is 2. The topological polar surface area (TPSA) is 89.4 Å². The smallest absolute Gasteiger partial charge is 0.408 e. The standard InChI is InChI=1S/C28H32ClN5O3S.H2S/c1-19-15-21(29)17-23-24(19)32-26(38-23)34(13-8-12-33-14-11-30-18-33)25(35)22(16-20-9-6-5-7-10-20)31-27(36)37-28(2,3)4;/h5-7,9-11,14-15,17-18,22H,8,12-13,16H2,1-4H3,(H,31,36);1H2/t22-;/m0./s1. The number of benzene rings is 2. The normalized spacial score (nSPS) is 12.0. The van der Waals surface area contributed by atoms with Gasteiger partial charge in [0.15, 0.2) is 5.13 Å². The number of carbonyl (C=O) groups is 2. The Morgan fingerprint density at radius 3 is 2.62 bits per heavy atom. The summed E-state index contributed by atoms with van der Waals surface area (Å²) in [4.78, 5) is 37.5. The second kappa shape index (κ2) is 13.3. The van der Waals surface area contributed by atoms with E-state index >= 15 is 0 Å². The molecule has 0 aliphatic heterocycles. The number of nitrogens with one attached hydrogen (secondary N) is 1. The minimum Gasteiger partial charge on any atom is -0.444 e. The summed E-state index contributed by atoms with van der Waals surface area (Å²) in [7, 11) is 0. The highest BCUT2D eigenvalue weighted by atomic mass is 35.5. The summed E-state index contributed by atoms with van der Waals surface area (Å²) < 4.78 is 8.35. The highest BCUT2D eigenvalue weighted by molar-refractivity contribution is 7.59. The number of fused-ring (bicyclic) bond motifs is 1. The maximum atomic E-state index is 14.1. The van der Waals surface area contributed by atoms with Crippen LogP contribution in [0.4, 0.5) is 9.93 Å². The monoisotopic (exact) mass is 587 g/mol. The van der Waals surface area contributed by atoms with Crippen molar-refractivity contribution in [2.24, 2.45) is 0 Å². The van der Waals surface area contributed by atoms with Gasteiger partial charge in [0.05, 0.1) is 16.5 Å². The fourth-order valence-corrected chi connectivity index (χ4v) is 5.53. The number of carbonyl (C=O) groups excluding carboxylic acids is 2. The van der Waals surface area contributed by atoms with E-state index in [1.54, 1.807) is 38.2 Å². The van der Waals surface area contributed by atoms with Crippen LogP contribution in [0.15, 0.2) is 61.2 Å². The van der Waals surface area contributed by atoms with Crippen molar-refractivity contribution in [3.05, 3.63) is 77.3 Å². The average molecular weight is 588 g/mol. The molecule has 0 aliphatic rings. The van der Waals surface area contributed by atoms with Gasteiger partial charge in [0.25, 0.3) is 5.91 Å². The lowest BCUT2D eigenvalue weighted by Crippen LogP contribution is -2.51. The van der Waals surface area contributed by atoms with Gasteiger partial charge in [-0.2, -0.15) is 13.5 Å². The van der Waals surface area contributed by atoms with Gasteiger partial charge in [-0.25, -0.2) is 14.8 Å². The van der Waals surface area contributed by atoms with Crippen LogP contribution in [0.2, 0.25) is 5.02 Å². The molecular formula is C28H34ClN5O3S2. The third-order valence-corrected chi connectivity index (χ3v) is 7.01. The van der Waals surface area contributed by atoms with Crippen LogP contribution < -0.4 is 10.2 Å². The zero-order valence-corrected chi connectivity index (χ0v) is 25.1. The molecule has 0 radical (unpaired) electrons. The molecule has 0 spiro atoms. The maximum absolute atomic E-state index is 14.1. The summed E-state index contributed by atoms with van der Waals surface area (Å²) in [6, 6.07) is 12.5. The summed E-state index contributed by atoms with van der Waals surface area (Å²) in [5, 5.41) is 4.00. The number of thiazole rings is 1. The third-order valence-electron chi connectivity index (χ3n) is 5.76. The van der Waals surface area contributed by atoms with Gasteiger partial charge in [0.2, 0.25) is 0 Å². The summed E-state index contributed by atoms with van der Waals surface area (Å²) in [5.74, 6) is -0.256. The molecule has 208 valence electrons. The van der Waals surface area contributed by atoms with E-state index in [1.807, 2.05) is 60.2 Å². The predicted octanol–water partition coefficient (Wildman–Crippen LogP) is 6.13. The molecule has 2 heterocycles. The Labute approximate surface area is 244 Å². The van der Waals surface area contributed by atoms with E-state index < -0.39 is 17.7 Å². The highest BCUT2D eigenvalue weighted by Crippen LogP contribution is 2.33. The van der Waals surface area contributed by atoms with Gasteiger partial charge in [0.1, 0.15) is 11.6 Å². The van der Waals surface area contributed by atoms with E-state index in [0.717, 1.165) is 21.3 Å². The first-order chi connectivity index (χ1) is 18.1. The maximum Gasteiger partial charge on any atom is 0.408 e. The minimum atomic E-state index is -0.850. The predicted molar refractivity (Wildman–Crippen MR) is 162 cm³/mol. The molecule has 8 nitrogen and oxygen atoms in total. The van der Waals surface area contributed by atoms with Gasteiger partial charge >= 0.3 is 6.09 Å². The first-order valence-electron chi connectivity index (χ1n) is 12.5. The number of hydrogen-bond donors (Lipinski definition) is 1. The summed E-state index contributed by atoms with van der Waals surface area (Å²) in [6.45, 7) is 8.41. The SMILES string of the molecule is Cc1cc(Cl)cc2sc(N(CCCn3ccnc3)C(=O)[C@H](Cc3ccccc3)NC(=O)OC(C)(C)C)nc12.S. The van der Waals surface area contributed by atoms with Gasteiger partial charge in [0, 0.05) is 36.9 Å². The van der Waals surface area contributed by atoms with Crippen molar-refractivity contribution in [2.45, 2.75) is 58.7 Å². The molecule has 4 rings (SSSR count). The van der Waals surface area contributed by atoms with Gasteiger partial charge in [-0.1, -0.05) is 53.3 Å². The van der Waals surface area contributed by atoms with Crippen molar-refractivity contribution < 1.29 is 14.3 Å². The Kier molecular flexibility index (Phi) is 10.4. The van der Waals surface area contributed by atoms with E-state index in [0.29, 0.717) is 36.1 Å². The second-order valence-electron chi connectivity index (χ2n) is 10.1. The van der Waals surface area contributed by atoms with Crippen LogP contribution in [-0.2, 0) is 22.5 Å². The van der Waals surface area contributed by atoms with Crippen LogP contribution in [-0.4, -0.2) is 44.7 Å². The highest BCUT2D eigenvalue weighted by Gasteiger charge is 2.31.